The quantitative estimate of drug-likeness (QED) is 0.268. The molecule has 0 saturated heterocycles. The SMILES string of the molecule is CSc1cc(C(C)(C)C)cc(CNC2CCCCC2NCc2cc(C(C)(C)C)cc(SC)c2O)c1O. The van der Waals surface area contributed by atoms with Gasteiger partial charge in [-0.15, -0.1) is 23.5 Å². The predicted molar refractivity (Wildman–Crippen MR) is 157 cm³/mol. The highest BCUT2D eigenvalue weighted by Gasteiger charge is 2.26. The normalized spacial score (nSPS) is 19.0. The van der Waals surface area contributed by atoms with Crippen molar-refractivity contribution >= 4 is 23.5 Å². The highest BCUT2D eigenvalue weighted by Crippen LogP contribution is 2.37. The molecule has 0 amide bonds. The summed E-state index contributed by atoms with van der Waals surface area (Å²) in [4.78, 5) is 1.88. The van der Waals surface area contributed by atoms with Gasteiger partial charge in [-0.05, 0) is 59.4 Å². The first-order valence-electron chi connectivity index (χ1n) is 13.1. The molecule has 0 bridgehead atoms. The lowest BCUT2D eigenvalue weighted by Crippen LogP contribution is -2.49. The Balaban J connectivity index is 1.75. The number of benzene rings is 2. The number of hydrogen-bond acceptors (Lipinski definition) is 6. The fraction of sp³-hybridized carbons (Fsp3) is 0.600. The Kier molecular flexibility index (Phi) is 9.75. The van der Waals surface area contributed by atoms with Gasteiger partial charge in [-0.1, -0.05) is 66.5 Å². The minimum Gasteiger partial charge on any atom is -0.506 e. The number of rotatable bonds is 8. The summed E-state index contributed by atoms with van der Waals surface area (Å²) in [5, 5.41) is 29.3. The number of hydrogen-bond donors (Lipinski definition) is 4. The summed E-state index contributed by atoms with van der Waals surface area (Å²) in [5.74, 6) is 0.800. The van der Waals surface area contributed by atoms with E-state index >= 15 is 0 Å². The average Bonchev–Trinajstić information content (AvgIpc) is 2.81. The Labute approximate surface area is 227 Å². The van der Waals surface area contributed by atoms with Crippen LogP contribution in [-0.4, -0.2) is 34.8 Å². The van der Waals surface area contributed by atoms with Crippen molar-refractivity contribution < 1.29 is 10.2 Å². The smallest absolute Gasteiger partial charge is 0.133 e. The maximum absolute atomic E-state index is 10.9. The summed E-state index contributed by atoms with van der Waals surface area (Å²) in [5.41, 5.74) is 4.49. The largest absolute Gasteiger partial charge is 0.506 e. The van der Waals surface area contributed by atoms with Crippen molar-refractivity contribution in [1.29, 1.82) is 0 Å². The molecule has 0 aromatic heterocycles. The van der Waals surface area contributed by atoms with Gasteiger partial charge < -0.3 is 20.8 Å². The van der Waals surface area contributed by atoms with Crippen molar-refractivity contribution in [3.8, 4) is 11.5 Å². The third-order valence-corrected chi connectivity index (χ3v) is 8.86. The van der Waals surface area contributed by atoms with Crippen molar-refractivity contribution in [2.24, 2.45) is 0 Å². The lowest BCUT2D eigenvalue weighted by atomic mass is 9.85. The van der Waals surface area contributed by atoms with Gasteiger partial charge in [0.2, 0.25) is 0 Å². The first-order chi connectivity index (χ1) is 16.8. The van der Waals surface area contributed by atoms with Crippen LogP contribution >= 0.6 is 23.5 Å². The minimum absolute atomic E-state index is 0.0289. The number of nitrogens with one attached hydrogen (secondary N) is 2. The topological polar surface area (TPSA) is 64.5 Å². The number of phenols is 2. The zero-order valence-corrected chi connectivity index (χ0v) is 25.1. The second-order valence-corrected chi connectivity index (χ2v) is 13.8. The maximum atomic E-state index is 10.9. The molecule has 0 heterocycles. The van der Waals surface area contributed by atoms with Gasteiger partial charge in [0.25, 0.3) is 0 Å². The van der Waals surface area contributed by atoms with Gasteiger partial charge in [0.1, 0.15) is 11.5 Å². The molecule has 4 N–H and O–H groups in total. The summed E-state index contributed by atoms with van der Waals surface area (Å²) in [6.45, 7) is 14.6. The molecule has 4 nitrogen and oxygen atoms in total. The number of phenolic OH excluding ortho intramolecular Hbond substituents is 2. The Morgan fingerprint density at radius 3 is 1.36 bits per heavy atom. The van der Waals surface area contributed by atoms with Crippen LogP contribution in [0.5, 0.6) is 11.5 Å². The predicted octanol–water partition coefficient (Wildman–Crippen LogP) is 7.33. The zero-order chi connectivity index (χ0) is 26.7. The van der Waals surface area contributed by atoms with Crippen LogP contribution in [0.2, 0.25) is 0 Å². The van der Waals surface area contributed by atoms with E-state index in [2.05, 4.69) is 76.4 Å². The van der Waals surface area contributed by atoms with E-state index < -0.39 is 0 Å². The molecule has 1 saturated carbocycles. The van der Waals surface area contributed by atoms with Crippen LogP contribution in [0.4, 0.5) is 0 Å². The monoisotopic (exact) mass is 530 g/mol. The van der Waals surface area contributed by atoms with Gasteiger partial charge in [-0.2, -0.15) is 0 Å². The van der Waals surface area contributed by atoms with Crippen LogP contribution in [0.25, 0.3) is 0 Å². The Bertz CT molecular complexity index is 957. The van der Waals surface area contributed by atoms with Gasteiger partial charge >= 0.3 is 0 Å². The van der Waals surface area contributed by atoms with E-state index in [1.54, 1.807) is 23.5 Å². The molecule has 6 heteroatoms. The molecule has 36 heavy (non-hydrogen) atoms. The van der Waals surface area contributed by atoms with Crippen LogP contribution < -0.4 is 10.6 Å². The highest BCUT2D eigenvalue weighted by atomic mass is 32.2. The van der Waals surface area contributed by atoms with E-state index in [0.717, 1.165) is 33.8 Å². The molecule has 200 valence electrons. The molecular formula is C30H46N2O2S2. The number of aromatic hydroxyl groups is 2. The van der Waals surface area contributed by atoms with Gasteiger partial charge in [0.05, 0.1) is 0 Å². The molecule has 1 aliphatic rings. The molecule has 3 rings (SSSR count). The molecule has 1 fully saturated rings. The fourth-order valence-electron chi connectivity index (χ4n) is 4.88. The Hall–Kier alpha value is -1.34. The average molecular weight is 531 g/mol. The summed E-state index contributed by atoms with van der Waals surface area (Å²) in [6, 6.07) is 9.20. The van der Waals surface area contributed by atoms with Crippen LogP contribution in [0.15, 0.2) is 34.1 Å². The molecule has 2 aromatic rings. The molecule has 0 radical (unpaired) electrons. The standard InChI is InChI=1S/C30H46N2O2S2/c1-29(2,3)21-13-19(27(33)25(15-21)35-7)17-31-23-11-9-10-12-24(23)32-18-20-14-22(30(4,5)6)16-26(36-8)28(20)34/h13-16,23-24,31-34H,9-12,17-18H2,1-8H3. The van der Waals surface area contributed by atoms with E-state index in [1.165, 1.54) is 24.0 Å². The van der Waals surface area contributed by atoms with E-state index in [0.29, 0.717) is 36.7 Å². The van der Waals surface area contributed by atoms with E-state index in [9.17, 15) is 10.2 Å². The summed E-state index contributed by atoms with van der Waals surface area (Å²) < 4.78 is 0. The molecule has 1 aliphatic carbocycles. The van der Waals surface area contributed by atoms with Crippen LogP contribution in [0.1, 0.15) is 89.5 Å². The van der Waals surface area contributed by atoms with Crippen molar-refractivity contribution in [2.45, 2.75) is 113 Å². The van der Waals surface area contributed by atoms with Crippen LogP contribution in [0.3, 0.4) is 0 Å². The van der Waals surface area contributed by atoms with Gasteiger partial charge in [-0.3, -0.25) is 0 Å². The van der Waals surface area contributed by atoms with E-state index in [1.807, 2.05) is 12.5 Å². The second kappa shape index (κ2) is 12.0. The van der Waals surface area contributed by atoms with E-state index in [-0.39, 0.29) is 10.8 Å². The summed E-state index contributed by atoms with van der Waals surface area (Å²) >= 11 is 3.20. The lowest BCUT2D eigenvalue weighted by Gasteiger charge is -2.34. The van der Waals surface area contributed by atoms with Crippen LogP contribution in [0, 0.1) is 0 Å². The molecule has 2 unspecified atom stereocenters. The van der Waals surface area contributed by atoms with E-state index in [4.69, 9.17) is 0 Å². The highest BCUT2D eigenvalue weighted by molar-refractivity contribution is 7.99. The molecular weight excluding hydrogens is 484 g/mol. The fourth-order valence-corrected chi connectivity index (χ4v) is 6.02. The summed E-state index contributed by atoms with van der Waals surface area (Å²) in [6.07, 6.45) is 8.68. The Morgan fingerprint density at radius 1 is 0.694 bits per heavy atom. The molecule has 0 spiro atoms. The molecule has 0 aliphatic heterocycles. The first kappa shape index (κ1) is 29.2. The first-order valence-corrected chi connectivity index (χ1v) is 15.6. The van der Waals surface area contributed by atoms with Gasteiger partial charge in [-0.25, -0.2) is 0 Å². The van der Waals surface area contributed by atoms with Crippen molar-refractivity contribution in [3.05, 3.63) is 46.5 Å². The molecule has 2 aromatic carbocycles. The van der Waals surface area contributed by atoms with Gasteiger partial charge in [0.15, 0.2) is 0 Å². The van der Waals surface area contributed by atoms with Crippen molar-refractivity contribution in [1.82, 2.24) is 10.6 Å². The maximum Gasteiger partial charge on any atom is 0.133 e. The minimum atomic E-state index is 0.0289. The zero-order valence-electron chi connectivity index (χ0n) is 23.4. The van der Waals surface area contributed by atoms with Crippen LogP contribution in [-0.2, 0) is 23.9 Å². The third-order valence-electron chi connectivity index (χ3n) is 7.36. The second-order valence-electron chi connectivity index (χ2n) is 12.1. The molecule has 2 atom stereocenters. The number of thioether (sulfide) groups is 2. The lowest BCUT2D eigenvalue weighted by molar-refractivity contribution is 0.279. The van der Waals surface area contributed by atoms with Crippen molar-refractivity contribution in [2.75, 3.05) is 12.5 Å². The van der Waals surface area contributed by atoms with Crippen molar-refractivity contribution in [3.63, 3.8) is 0 Å². The third kappa shape index (κ3) is 7.15. The van der Waals surface area contributed by atoms with Gasteiger partial charge in [0, 0.05) is 46.1 Å². The summed E-state index contributed by atoms with van der Waals surface area (Å²) in [7, 11) is 0. The Morgan fingerprint density at radius 2 is 1.06 bits per heavy atom.